The van der Waals surface area contributed by atoms with Gasteiger partial charge in [-0.1, -0.05) is 54.4 Å². The van der Waals surface area contributed by atoms with Crippen molar-refractivity contribution in [2.24, 2.45) is 0 Å². The lowest BCUT2D eigenvalue weighted by molar-refractivity contribution is 0.547. The van der Waals surface area contributed by atoms with E-state index in [1.54, 1.807) is 0 Å². The molecule has 1 N–H and O–H groups in total. The van der Waals surface area contributed by atoms with E-state index >= 15 is 0 Å². The predicted octanol–water partition coefficient (Wildman–Crippen LogP) is 5.50. The highest BCUT2D eigenvalue weighted by molar-refractivity contribution is 6.31. The first-order valence-corrected chi connectivity index (χ1v) is 8.02. The minimum atomic E-state index is 0.242. The summed E-state index contributed by atoms with van der Waals surface area (Å²) in [6.45, 7) is 7.19. The second-order valence-electron chi connectivity index (χ2n) is 5.36. The molecule has 0 saturated heterocycles. The van der Waals surface area contributed by atoms with Gasteiger partial charge in [-0.25, -0.2) is 0 Å². The average Bonchev–Trinajstić information content (AvgIpc) is 2.45. The smallest absolute Gasteiger partial charge is 0.0438 e. The van der Waals surface area contributed by atoms with Gasteiger partial charge < -0.3 is 5.32 Å². The molecule has 0 heterocycles. The lowest BCUT2D eigenvalue weighted by Gasteiger charge is -2.22. The lowest BCUT2D eigenvalue weighted by atomic mass is 9.94. The highest BCUT2D eigenvalue weighted by atomic mass is 35.5. The Morgan fingerprint density at radius 3 is 2.38 bits per heavy atom. The number of benzene rings is 2. The number of hydrogen-bond donors (Lipinski definition) is 1. The van der Waals surface area contributed by atoms with Gasteiger partial charge in [-0.2, -0.15) is 0 Å². The van der Waals surface area contributed by atoms with Crippen LogP contribution in [-0.4, -0.2) is 6.54 Å². The second kappa shape index (κ2) is 7.31. The molecule has 112 valence electrons. The first-order valence-electron chi connectivity index (χ1n) is 7.26. The molecule has 1 nitrogen and oxygen atoms in total. The van der Waals surface area contributed by atoms with E-state index < -0.39 is 0 Å². The molecule has 0 spiro atoms. The zero-order valence-corrected chi connectivity index (χ0v) is 14.2. The first-order chi connectivity index (χ1) is 10.0. The van der Waals surface area contributed by atoms with Gasteiger partial charge in [0.1, 0.15) is 0 Å². The normalized spacial score (nSPS) is 12.4. The molecule has 0 saturated carbocycles. The van der Waals surface area contributed by atoms with Crippen molar-refractivity contribution < 1.29 is 0 Å². The van der Waals surface area contributed by atoms with Crippen LogP contribution < -0.4 is 5.32 Å². The summed E-state index contributed by atoms with van der Waals surface area (Å²) in [6.07, 6.45) is 0.870. The molecule has 1 atom stereocenters. The van der Waals surface area contributed by atoms with Gasteiger partial charge in [-0.3, -0.25) is 0 Å². The zero-order valence-electron chi connectivity index (χ0n) is 12.7. The molecule has 21 heavy (non-hydrogen) atoms. The summed E-state index contributed by atoms with van der Waals surface area (Å²) in [5.41, 5.74) is 4.78. The molecule has 0 aliphatic rings. The van der Waals surface area contributed by atoms with Crippen LogP contribution >= 0.6 is 23.2 Å². The van der Waals surface area contributed by atoms with Crippen LogP contribution in [0.3, 0.4) is 0 Å². The maximum atomic E-state index is 6.30. The number of rotatable bonds is 5. The molecule has 0 aliphatic heterocycles. The third kappa shape index (κ3) is 4.00. The van der Waals surface area contributed by atoms with Crippen LogP contribution in [0.4, 0.5) is 0 Å². The monoisotopic (exact) mass is 321 g/mol. The average molecular weight is 322 g/mol. The highest BCUT2D eigenvalue weighted by Crippen LogP contribution is 2.29. The van der Waals surface area contributed by atoms with Crippen LogP contribution in [0.1, 0.15) is 35.2 Å². The molecule has 0 amide bonds. The Balaban J connectivity index is 2.35. The van der Waals surface area contributed by atoms with Gasteiger partial charge in [0.2, 0.25) is 0 Å². The first kappa shape index (κ1) is 16.4. The molecule has 2 rings (SSSR count). The number of halogens is 2. The van der Waals surface area contributed by atoms with Crippen LogP contribution in [0.15, 0.2) is 36.4 Å². The van der Waals surface area contributed by atoms with Crippen LogP contribution in [-0.2, 0) is 6.42 Å². The third-order valence-electron chi connectivity index (χ3n) is 3.76. The molecule has 1 unspecified atom stereocenters. The van der Waals surface area contributed by atoms with E-state index in [0.717, 1.165) is 34.1 Å². The fraction of sp³-hybridized carbons (Fsp3) is 0.333. The topological polar surface area (TPSA) is 12.0 Å². The maximum absolute atomic E-state index is 6.30. The maximum Gasteiger partial charge on any atom is 0.0438 e. The van der Waals surface area contributed by atoms with Gasteiger partial charge in [0, 0.05) is 16.1 Å². The van der Waals surface area contributed by atoms with E-state index in [9.17, 15) is 0 Å². The van der Waals surface area contributed by atoms with E-state index in [-0.39, 0.29) is 6.04 Å². The fourth-order valence-electron chi connectivity index (χ4n) is 2.60. The van der Waals surface area contributed by atoms with Crippen LogP contribution in [0.25, 0.3) is 0 Å². The summed E-state index contributed by atoms with van der Waals surface area (Å²) in [5.74, 6) is 0. The third-order valence-corrected chi connectivity index (χ3v) is 4.53. The summed E-state index contributed by atoms with van der Waals surface area (Å²) < 4.78 is 0. The molecule has 0 radical (unpaired) electrons. The van der Waals surface area contributed by atoms with Gasteiger partial charge in [0.25, 0.3) is 0 Å². The lowest BCUT2D eigenvalue weighted by Crippen LogP contribution is -2.24. The molecular formula is C18H21Cl2N. The van der Waals surface area contributed by atoms with E-state index in [1.165, 1.54) is 11.1 Å². The Kier molecular flexibility index (Phi) is 5.69. The standard InChI is InChI=1S/C18H21Cl2N/c1-4-21-18(11-14-7-5-6-8-16(14)19)15-9-13(3)17(20)10-12(15)2/h5-10,18,21H,4,11H2,1-3H3. The number of aryl methyl sites for hydroxylation is 2. The summed E-state index contributed by atoms with van der Waals surface area (Å²) in [5, 5.41) is 5.21. The minimum Gasteiger partial charge on any atom is -0.310 e. The molecule has 0 bridgehead atoms. The molecule has 3 heteroatoms. The van der Waals surface area contributed by atoms with Gasteiger partial charge in [0.05, 0.1) is 0 Å². The highest BCUT2D eigenvalue weighted by Gasteiger charge is 2.16. The van der Waals surface area contributed by atoms with Crippen LogP contribution in [0.5, 0.6) is 0 Å². The van der Waals surface area contributed by atoms with Crippen LogP contribution in [0, 0.1) is 13.8 Å². The van der Waals surface area contributed by atoms with Gasteiger partial charge in [-0.05, 0) is 61.2 Å². The van der Waals surface area contributed by atoms with Crippen molar-refractivity contribution in [2.75, 3.05) is 6.54 Å². The largest absolute Gasteiger partial charge is 0.310 e. The molecule has 0 fully saturated rings. The molecular weight excluding hydrogens is 301 g/mol. The fourth-order valence-corrected chi connectivity index (χ4v) is 3.03. The molecule has 0 aromatic heterocycles. The predicted molar refractivity (Wildman–Crippen MR) is 92.5 cm³/mol. The SMILES string of the molecule is CCNC(Cc1ccccc1Cl)c1cc(C)c(Cl)cc1C. The second-order valence-corrected chi connectivity index (χ2v) is 6.18. The zero-order chi connectivity index (χ0) is 15.4. The van der Waals surface area contributed by atoms with Crippen molar-refractivity contribution in [3.05, 3.63) is 68.7 Å². The Morgan fingerprint density at radius 2 is 1.71 bits per heavy atom. The molecule has 0 aliphatic carbocycles. The van der Waals surface area contributed by atoms with Crippen molar-refractivity contribution in [1.82, 2.24) is 5.32 Å². The van der Waals surface area contributed by atoms with Gasteiger partial charge in [0.15, 0.2) is 0 Å². The van der Waals surface area contributed by atoms with Crippen molar-refractivity contribution in [2.45, 2.75) is 33.2 Å². The van der Waals surface area contributed by atoms with Gasteiger partial charge in [-0.15, -0.1) is 0 Å². The summed E-state index contributed by atoms with van der Waals surface area (Å²) in [4.78, 5) is 0. The number of likely N-dealkylation sites (N-methyl/N-ethyl adjacent to an activating group) is 1. The Labute approximate surface area is 137 Å². The number of hydrogen-bond acceptors (Lipinski definition) is 1. The van der Waals surface area contributed by atoms with Crippen molar-refractivity contribution >= 4 is 23.2 Å². The van der Waals surface area contributed by atoms with Crippen molar-refractivity contribution in [3.63, 3.8) is 0 Å². The van der Waals surface area contributed by atoms with Crippen molar-refractivity contribution in [3.8, 4) is 0 Å². The Hall–Kier alpha value is -1.02. The summed E-state index contributed by atoms with van der Waals surface area (Å²) in [7, 11) is 0. The Morgan fingerprint density at radius 1 is 1.00 bits per heavy atom. The molecule has 2 aromatic rings. The van der Waals surface area contributed by atoms with Crippen LogP contribution in [0.2, 0.25) is 10.0 Å². The van der Waals surface area contributed by atoms with E-state index in [4.69, 9.17) is 23.2 Å². The Bertz CT molecular complexity index is 623. The summed E-state index contributed by atoms with van der Waals surface area (Å²) in [6, 6.07) is 12.5. The van der Waals surface area contributed by atoms with Crippen molar-refractivity contribution in [1.29, 1.82) is 0 Å². The summed E-state index contributed by atoms with van der Waals surface area (Å²) >= 11 is 12.5. The quantitative estimate of drug-likeness (QED) is 0.766. The van der Waals surface area contributed by atoms with E-state index in [1.807, 2.05) is 31.2 Å². The molecule has 2 aromatic carbocycles. The van der Waals surface area contributed by atoms with E-state index in [0.29, 0.717) is 0 Å². The van der Waals surface area contributed by atoms with Gasteiger partial charge >= 0.3 is 0 Å². The number of nitrogens with one attached hydrogen (secondary N) is 1. The minimum absolute atomic E-state index is 0.242. The van der Waals surface area contributed by atoms with E-state index in [2.05, 4.69) is 31.3 Å².